The summed E-state index contributed by atoms with van der Waals surface area (Å²) in [6, 6.07) is 14.2. The monoisotopic (exact) mass is 227 g/mol. The molecule has 0 aliphatic carbocycles. The Morgan fingerprint density at radius 2 is 1.71 bits per heavy atom. The van der Waals surface area contributed by atoms with E-state index in [1.54, 1.807) is 4.90 Å². The van der Waals surface area contributed by atoms with Crippen LogP contribution in [0.25, 0.3) is 10.8 Å². The first kappa shape index (κ1) is 11.6. The molecule has 0 N–H and O–H groups in total. The van der Waals surface area contributed by atoms with E-state index < -0.39 is 0 Å². The average molecular weight is 227 g/mol. The molecule has 0 saturated heterocycles. The minimum absolute atomic E-state index is 0.0129. The molecule has 0 atom stereocenters. The second kappa shape index (κ2) is 4.58. The summed E-state index contributed by atoms with van der Waals surface area (Å²) < 4.78 is 0. The van der Waals surface area contributed by atoms with E-state index in [2.05, 4.69) is 18.2 Å². The molecule has 88 valence electrons. The van der Waals surface area contributed by atoms with Gasteiger partial charge in [-0.15, -0.1) is 0 Å². The van der Waals surface area contributed by atoms with Crippen LogP contribution in [-0.4, -0.2) is 13.0 Å². The van der Waals surface area contributed by atoms with Crippen molar-refractivity contribution in [3.63, 3.8) is 0 Å². The number of hydrogen-bond donors (Lipinski definition) is 0. The Morgan fingerprint density at radius 3 is 2.41 bits per heavy atom. The third-order valence-corrected chi connectivity index (χ3v) is 2.95. The van der Waals surface area contributed by atoms with Gasteiger partial charge in [0, 0.05) is 18.4 Å². The van der Waals surface area contributed by atoms with Crippen molar-refractivity contribution in [3.8, 4) is 0 Å². The lowest BCUT2D eigenvalue weighted by atomic mass is 10.1. The molecule has 2 rings (SSSR count). The first-order valence-electron chi connectivity index (χ1n) is 5.86. The van der Waals surface area contributed by atoms with Crippen molar-refractivity contribution >= 4 is 22.4 Å². The Kier molecular flexibility index (Phi) is 3.14. The van der Waals surface area contributed by atoms with Gasteiger partial charge in [-0.25, -0.2) is 0 Å². The van der Waals surface area contributed by atoms with Gasteiger partial charge in [-0.2, -0.15) is 0 Å². The number of amides is 1. The summed E-state index contributed by atoms with van der Waals surface area (Å²) in [4.78, 5) is 13.8. The van der Waals surface area contributed by atoms with Crippen LogP contribution in [0.4, 0.5) is 5.69 Å². The highest BCUT2D eigenvalue weighted by atomic mass is 16.2. The minimum Gasteiger partial charge on any atom is -0.315 e. The van der Waals surface area contributed by atoms with Gasteiger partial charge in [0.15, 0.2) is 0 Å². The fourth-order valence-corrected chi connectivity index (χ4v) is 2.01. The van der Waals surface area contributed by atoms with E-state index in [1.165, 1.54) is 0 Å². The zero-order valence-electron chi connectivity index (χ0n) is 10.5. The number of benzene rings is 2. The summed E-state index contributed by atoms with van der Waals surface area (Å²) in [5.74, 6) is 0.153. The first-order valence-corrected chi connectivity index (χ1v) is 5.86. The van der Waals surface area contributed by atoms with Gasteiger partial charge in [-0.3, -0.25) is 4.79 Å². The Hall–Kier alpha value is -1.83. The third-order valence-electron chi connectivity index (χ3n) is 2.95. The number of carbonyl (C=O) groups excluding carboxylic acids is 1. The fourth-order valence-electron chi connectivity index (χ4n) is 2.01. The maximum atomic E-state index is 12.0. The highest BCUT2D eigenvalue weighted by Crippen LogP contribution is 2.26. The second-order valence-corrected chi connectivity index (χ2v) is 4.55. The Morgan fingerprint density at radius 1 is 1.06 bits per heavy atom. The normalized spacial score (nSPS) is 10.8. The number of nitrogens with zero attached hydrogens (tertiary/aromatic N) is 1. The summed E-state index contributed by atoms with van der Waals surface area (Å²) in [6.07, 6.45) is 0. The fraction of sp³-hybridized carbons (Fsp3) is 0.267. The van der Waals surface area contributed by atoms with E-state index in [1.807, 2.05) is 45.2 Å². The number of carbonyl (C=O) groups is 1. The van der Waals surface area contributed by atoms with Gasteiger partial charge in [0.2, 0.25) is 5.91 Å². The van der Waals surface area contributed by atoms with Gasteiger partial charge in [0.05, 0.1) is 5.69 Å². The molecule has 1 amide bonds. The molecule has 0 heterocycles. The summed E-state index contributed by atoms with van der Waals surface area (Å²) in [5, 5.41) is 2.28. The van der Waals surface area contributed by atoms with E-state index in [0.29, 0.717) is 0 Å². The van der Waals surface area contributed by atoms with E-state index in [9.17, 15) is 4.79 Å². The maximum Gasteiger partial charge on any atom is 0.229 e. The van der Waals surface area contributed by atoms with Crippen LogP contribution in [0.3, 0.4) is 0 Å². The summed E-state index contributed by atoms with van der Waals surface area (Å²) in [7, 11) is 1.84. The van der Waals surface area contributed by atoms with E-state index in [-0.39, 0.29) is 11.8 Å². The topological polar surface area (TPSA) is 20.3 Å². The number of anilines is 1. The largest absolute Gasteiger partial charge is 0.315 e. The van der Waals surface area contributed by atoms with E-state index in [0.717, 1.165) is 16.5 Å². The SMILES string of the molecule is CC(C)C(=O)N(C)c1cccc2ccccc12. The third kappa shape index (κ3) is 2.16. The lowest BCUT2D eigenvalue weighted by molar-refractivity contribution is -0.121. The van der Waals surface area contributed by atoms with Crippen LogP contribution in [-0.2, 0) is 4.79 Å². The van der Waals surface area contributed by atoms with Gasteiger partial charge in [0.1, 0.15) is 0 Å². The van der Waals surface area contributed by atoms with Gasteiger partial charge < -0.3 is 4.90 Å². The summed E-state index contributed by atoms with van der Waals surface area (Å²) >= 11 is 0. The van der Waals surface area contributed by atoms with Gasteiger partial charge in [-0.05, 0) is 11.5 Å². The molecule has 0 fully saturated rings. The van der Waals surface area contributed by atoms with Crippen LogP contribution in [0.5, 0.6) is 0 Å². The van der Waals surface area contributed by atoms with Crippen molar-refractivity contribution in [1.29, 1.82) is 0 Å². The van der Waals surface area contributed by atoms with E-state index >= 15 is 0 Å². The van der Waals surface area contributed by atoms with Crippen LogP contribution in [0, 0.1) is 5.92 Å². The molecule has 0 spiro atoms. The molecule has 2 aromatic carbocycles. The highest BCUT2D eigenvalue weighted by Gasteiger charge is 2.16. The molecule has 0 aliphatic heterocycles. The quantitative estimate of drug-likeness (QED) is 0.769. The summed E-state index contributed by atoms with van der Waals surface area (Å²) in [5.41, 5.74) is 0.974. The predicted octanol–water partition coefficient (Wildman–Crippen LogP) is 3.46. The van der Waals surface area contributed by atoms with Crippen molar-refractivity contribution in [2.45, 2.75) is 13.8 Å². The Balaban J connectivity index is 2.52. The van der Waals surface area contributed by atoms with Gasteiger partial charge >= 0.3 is 0 Å². The number of hydrogen-bond acceptors (Lipinski definition) is 1. The minimum atomic E-state index is 0.0129. The average Bonchev–Trinajstić information content (AvgIpc) is 2.36. The zero-order chi connectivity index (χ0) is 12.4. The van der Waals surface area contributed by atoms with Crippen molar-refractivity contribution in [1.82, 2.24) is 0 Å². The smallest absolute Gasteiger partial charge is 0.229 e. The second-order valence-electron chi connectivity index (χ2n) is 4.55. The molecular weight excluding hydrogens is 210 g/mol. The highest BCUT2D eigenvalue weighted by molar-refractivity contribution is 6.03. The molecule has 0 unspecified atom stereocenters. The summed E-state index contributed by atoms with van der Waals surface area (Å²) in [6.45, 7) is 3.84. The van der Waals surface area contributed by atoms with Crippen molar-refractivity contribution in [2.24, 2.45) is 5.92 Å². The van der Waals surface area contributed by atoms with Crippen LogP contribution in [0.1, 0.15) is 13.8 Å². The maximum absolute atomic E-state index is 12.0. The first-order chi connectivity index (χ1) is 8.11. The van der Waals surface area contributed by atoms with Gasteiger partial charge in [-0.1, -0.05) is 50.2 Å². The standard InChI is InChI=1S/C15H17NO/c1-11(2)15(17)16(3)14-10-6-8-12-7-4-5-9-13(12)14/h4-11H,1-3H3. The van der Waals surface area contributed by atoms with Crippen LogP contribution in [0.2, 0.25) is 0 Å². The molecule has 0 radical (unpaired) electrons. The van der Waals surface area contributed by atoms with Crippen LogP contribution >= 0.6 is 0 Å². The van der Waals surface area contributed by atoms with Crippen LogP contribution in [0.15, 0.2) is 42.5 Å². The molecule has 0 aliphatic rings. The molecule has 2 nitrogen and oxygen atoms in total. The molecule has 2 heteroatoms. The number of fused-ring (bicyclic) bond motifs is 1. The molecule has 0 saturated carbocycles. The zero-order valence-corrected chi connectivity index (χ0v) is 10.5. The molecule has 2 aromatic rings. The number of rotatable bonds is 2. The molecule has 17 heavy (non-hydrogen) atoms. The van der Waals surface area contributed by atoms with Gasteiger partial charge in [0.25, 0.3) is 0 Å². The lowest BCUT2D eigenvalue weighted by Gasteiger charge is -2.21. The van der Waals surface area contributed by atoms with Crippen molar-refractivity contribution in [2.75, 3.05) is 11.9 Å². The van der Waals surface area contributed by atoms with Crippen LogP contribution < -0.4 is 4.90 Å². The lowest BCUT2D eigenvalue weighted by Crippen LogP contribution is -2.30. The molecular formula is C15H17NO. The van der Waals surface area contributed by atoms with Crippen molar-refractivity contribution < 1.29 is 4.79 Å². The van der Waals surface area contributed by atoms with E-state index in [4.69, 9.17) is 0 Å². The Bertz CT molecular complexity index is 540. The Labute approximate surface area is 102 Å². The predicted molar refractivity (Wildman–Crippen MR) is 72.2 cm³/mol. The molecule has 0 aromatic heterocycles. The van der Waals surface area contributed by atoms with Crippen molar-refractivity contribution in [3.05, 3.63) is 42.5 Å². The molecule has 0 bridgehead atoms.